The number of nitro groups is 1. The van der Waals surface area contributed by atoms with Crippen LogP contribution >= 0.6 is 0 Å². The molecule has 1 aromatic rings. The van der Waals surface area contributed by atoms with Crippen molar-refractivity contribution in [3.63, 3.8) is 0 Å². The molecule has 0 unspecified atom stereocenters. The summed E-state index contributed by atoms with van der Waals surface area (Å²) in [6, 6.07) is 3.82. The molecule has 1 rings (SSSR count). The van der Waals surface area contributed by atoms with Crippen LogP contribution in [0.2, 0.25) is 0 Å². The van der Waals surface area contributed by atoms with Gasteiger partial charge in [-0.2, -0.15) is 0 Å². The Bertz CT molecular complexity index is 457. The third kappa shape index (κ3) is 4.28. The molecule has 1 N–H and O–H groups in total. The molecule has 0 aliphatic rings. The Balaban J connectivity index is 2.97. The summed E-state index contributed by atoms with van der Waals surface area (Å²) in [5, 5.41) is 19.2. The van der Waals surface area contributed by atoms with E-state index >= 15 is 0 Å². The van der Waals surface area contributed by atoms with Gasteiger partial charge in [0.25, 0.3) is 5.69 Å². The van der Waals surface area contributed by atoms with Gasteiger partial charge in [-0.15, -0.1) is 0 Å². The minimum Gasteiger partial charge on any atom is -0.491 e. The van der Waals surface area contributed by atoms with Crippen LogP contribution in [-0.4, -0.2) is 28.7 Å². The van der Waals surface area contributed by atoms with E-state index in [1.165, 1.54) is 12.1 Å². The summed E-state index contributed by atoms with van der Waals surface area (Å²) < 4.78 is 10.2. The lowest BCUT2D eigenvalue weighted by atomic mass is 10.3. The van der Waals surface area contributed by atoms with Gasteiger partial charge in [-0.05, 0) is 13.8 Å². The van der Waals surface area contributed by atoms with Crippen LogP contribution in [0.25, 0.3) is 0 Å². The molecule has 0 aliphatic carbocycles. The van der Waals surface area contributed by atoms with Gasteiger partial charge in [0.05, 0.1) is 23.2 Å². The summed E-state index contributed by atoms with van der Waals surface area (Å²) in [5.41, 5.74) is -0.214. The van der Waals surface area contributed by atoms with Crippen LogP contribution in [0.15, 0.2) is 18.2 Å². The molecule has 0 bridgehead atoms. The van der Waals surface area contributed by atoms with Gasteiger partial charge in [0.2, 0.25) is 0 Å². The van der Waals surface area contributed by atoms with Crippen LogP contribution in [0.4, 0.5) is 5.69 Å². The monoisotopic (exact) mass is 255 g/mol. The summed E-state index contributed by atoms with van der Waals surface area (Å²) >= 11 is 0. The molecule has 7 nitrogen and oxygen atoms in total. The molecule has 0 spiro atoms. The second-order valence-electron chi connectivity index (χ2n) is 3.77. The molecule has 0 atom stereocenters. The zero-order chi connectivity index (χ0) is 13.7. The average molecular weight is 255 g/mol. The summed E-state index contributed by atoms with van der Waals surface area (Å²) in [4.78, 5) is 20.5. The summed E-state index contributed by atoms with van der Waals surface area (Å²) in [6.45, 7) is 2.98. The molecule has 98 valence electrons. The second-order valence-corrected chi connectivity index (χ2v) is 3.77. The molecule has 0 saturated carbocycles. The van der Waals surface area contributed by atoms with Crippen molar-refractivity contribution in [2.24, 2.45) is 0 Å². The molecule has 1 aromatic carbocycles. The minimum absolute atomic E-state index is 0.0854. The molecular weight excluding hydrogens is 242 g/mol. The molecule has 18 heavy (non-hydrogen) atoms. The lowest BCUT2D eigenvalue weighted by Gasteiger charge is -2.11. The van der Waals surface area contributed by atoms with Crippen LogP contribution in [-0.2, 0) is 4.79 Å². The highest BCUT2D eigenvalue weighted by molar-refractivity contribution is 5.68. The van der Waals surface area contributed by atoms with Crippen molar-refractivity contribution in [2.45, 2.75) is 20.0 Å². The van der Waals surface area contributed by atoms with Crippen LogP contribution in [0, 0.1) is 10.1 Å². The molecule has 0 saturated heterocycles. The number of carboxylic acid groups (broad SMARTS) is 1. The minimum atomic E-state index is -1.16. The first-order chi connectivity index (χ1) is 8.38. The number of ether oxygens (including phenoxy) is 2. The lowest BCUT2D eigenvalue weighted by Crippen LogP contribution is -2.10. The molecule has 0 amide bonds. The van der Waals surface area contributed by atoms with E-state index in [9.17, 15) is 14.9 Å². The van der Waals surface area contributed by atoms with E-state index in [2.05, 4.69) is 0 Å². The van der Waals surface area contributed by atoms with Crippen molar-refractivity contribution >= 4 is 11.7 Å². The average Bonchev–Trinajstić information content (AvgIpc) is 2.25. The van der Waals surface area contributed by atoms with Crippen molar-refractivity contribution in [2.75, 3.05) is 6.61 Å². The van der Waals surface area contributed by atoms with E-state index < -0.39 is 17.5 Å². The number of benzene rings is 1. The van der Waals surface area contributed by atoms with Gasteiger partial charge in [-0.1, -0.05) is 0 Å². The number of hydrogen-bond acceptors (Lipinski definition) is 5. The highest BCUT2D eigenvalue weighted by Crippen LogP contribution is 2.28. The zero-order valence-electron chi connectivity index (χ0n) is 9.95. The first-order valence-corrected chi connectivity index (χ1v) is 5.19. The first kappa shape index (κ1) is 13.8. The van der Waals surface area contributed by atoms with Gasteiger partial charge in [-0.25, -0.2) is 4.79 Å². The molecule has 0 aliphatic heterocycles. The SMILES string of the molecule is CC(C)Oc1cc(OCC(=O)O)cc([N+](=O)[O-])c1. The maximum absolute atomic E-state index is 10.7. The number of nitro benzene ring substituents is 1. The highest BCUT2D eigenvalue weighted by atomic mass is 16.6. The van der Waals surface area contributed by atoms with Crippen LogP contribution in [0.1, 0.15) is 13.8 Å². The molecular formula is C11H13NO6. The number of carbonyl (C=O) groups is 1. The Kier molecular flexibility index (Phi) is 4.47. The Hall–Kier alpha value is -2.31. The van der Waals surface area contributed by atoms with E-state index in [-0.39, 0.29) is 23.3 Å². The van der Waals surface area contributed by atoms with Crippen LogP contribution in [0.3, 0.4) is 0 Å². The predicted octanol–water partition coefficient (Wildman–Crippen LogP) is 1.85. The Morgan fingerprint density at radius 3 is 2.50 bits per heavy atom. The Labute approximate surface area is 103 Å². The third-order valence-corrected chi connectivity index (χ3v) is 1.81. The smallest absolute Gasteiger partial charge is 0.341 e. The van der Waals surface area contributed by atoms with Gasteiger partial charge in [0.15, 0.2) is 6.61 Å². The number of aliphatic carboxylic acids is 1. The van der Waals surface area contributed by atoms with E-state index in [4.69, 9.17) is 14.6 Å². The third-order valence-electron chi connectivity index (χ3n) is 1.81. The van der Waals surface area contributed by atoms with Crippen molar-refractivity contribution in [1.82, 2.24) is 0 Å². The number of nitrogens with zero attached hydrogens (tertiary/aromatic N) is 1. The van der Waals surface area contributed by atoms with Gasteiger partial charge in [0, 0.05) is 6.07 Å². The Morgan fingerprint density at radius 1 is 1.39 bits per heavy atom. The highest BCUT2D eigenvalue weighted by Gasteiger charge is 2.13. The number of non-ortho nitro benzene ring substituents is 1. The van der Waals surface area contributed by atoms with Crippen molar-refractivity contribution in [3.05, 3.63) is 28.3 Å². The summed E-state index contributed by atoms with van der Waals surface area (Å²) in [7, 11) is 0. The van der Waals surface area contributed by atoms with E-state index in [0.29, 0.717) is 0 Å². The van der Waals surface area contributed by atoms with E-state index in [0.717, 1.165) is 6.07 Å². The van der Waals surface area contributed by atoms with E-state index in [1.54, 1.807) is 13.8 Å². The van der Waals surface area contributed by atoms with Gasteiger partial charge in [0.1, 0.15) is 11.5 Å². The fourth-order valence-electron chi connectivity index (χ4n) is 1.23. The summed E-state index contributed by atoms with van der Waals surface area (Å²) in [5.74, 6) is -0.810. The van der Waals surface area contributed by atoms with Crippen molar-refractivity contribution in [3.8, 4) is 11.5 Å². The maximum atomic E-state index is 10.7. The number of carboxylic acids is 1. The first-order valence-electron chi connectivity index (χ1n) is 5.19. The molecule has 0 heterocycles. The van der Waals surface area contributed by atoms with Gasteiger partial charge in [-0.3, -0.25) is 10.1 Å². The van der Waals surface area contributed by atoms with Crippen LogP contribution < -0.4 is 9.47 Å². The fraction of sp³-hybridized carbons (Fsp3) is 0.364. The Morgan fingerprint density at radius 2 is 2.00 bits per heavy atom. The second kappa shape index (κ2) is 5.85. The molecule has 0 radical (unpaired) electrons. The van der Waals surface area contributed by atoms with E-state index in [1.807, 2.05) is 0 Å². The quantitative estimate of drug-likeness (QED) is 0.615. The van der Waals surface area contributed by atoms with Crippen molar-refractivity contribution < 1.29 is 24.3 Å². The van der Waals surface area contributed by atoms with Crippen molar-refractivity contribution in [1.29, 1.82) is 0 Å². The number of hydrogen-bond donors (Lipinski definition) is 1. The number of rotatable bonds is 6. The fourth-order valence-corrected chi connectivity index (χ4v) is 1.23. The summed E-state index contributed by atoms with van der Waals surface area (Å²) in [6.07, 6.45) is -0.153. The predicted molar refractivity (Wildman–Crippen MR) is 62.0 cm³/mol. The topological polar surface area (TPSA) is 98.9 Å². The zero-order valence-corrected chi connectivity index (χ0v) is 9.95. The molecule has 7 heteroatoms. The largest absolute Gasteiger partial charge is 0.491 e. The lowest BCUT2D eigenvalue weighted by molar-refractivity contribution is -0.385. The van der Waals surface area contributed by atoms with Crippen LogP contribution in [0.5, 0.6) is 11.5 Å². The van der Waals surface area contributed by atoms with Gasteiger partial charge >= 0.3 is 5.97 Å². The van der Waals surface area contributed by atoms with Gasteiger partial charge < -0.3 is 14.6 Å². The normalized spacial score (nSPS) is 10.2. The maximum Gasteiger partial charge on any atom is 0.341 e. The molecule has 0 fully saturated rings. The standard InChI is InChI=1S/C11H13NO6/c1-7(2)18-10-4-8(12(15)16)3-9(5-10)17-6-11(13)14/h3-5,7H,6H2,1-2H3,(H,13,14). The molecule has 0 aromatic heterocycles.